The van der Waals surface area contributed by atoms with E-state index in [0.717, 1.165) is 5.56 Å². The molecule has 2 fully saturated rings. The Morgan fingerprint density at radius 1 is 1.08 bits per heavy atom. The minimum absolute atomic E-state index is 0.0150. The minimum atomic E-state index is -0.162. The van der Waals surface area contributed by atoms with Crippen molar-refractivity contribution in [3.05, 3.63) is 29.3 Å². The smallest absolute Gasteiger partial charge is 0.257 e. The van der Waals surface area contributed by atoms with Gasteiger partial charge in [-0.25, -0.2) is 0 Å². The molecule has 1 N–H and O–H groups in total. The van der Waals surface area contributed by atoms with Crippen LogP contribution in [0, 0.1) is 12.8 Å². The third kappa shape index (κ3) is 3.53. The van der Waals surface area contributed by atoms with Crippen LogP contribution in [0.25, 0.3) is 0 Å². The van der Waals surface area contributed by atoms with E-state index in [1.165, 1.54) is 0 Å². The van der Waals surface area contributed by atoms with Gasteiger partial charge in [-0.05, 0) is 37.5 Å². The zero-order valence-electron chi connectivity index (χ0n) is 14.0. The zero-order chi connectivity index (χ0) is 17.1. The number of carbonyl (C=O) groups excluding carboxylic acids is 2. The van der Waals surface area contributed by atoms with Crippen LogP contribution in [0.4, 0.5) is 0 Å². The van der Waals surface area contributed by atoms with Crippen LogP contribution in [0.15, 0.2) is 18.2 Å². The van der Waals surface area contributed by atoms with Gasteiger partial charge in [-0.15, -0.1) is 0 Å². The largest absolute Gasteiger partial charge is 0.507 e. The number of phenols is 1. The summed E-state index contributed by atoms with van der Waals surface area (Å²) in [7, 11) is 0. The summed E-state index contributed by atoms with van der Waals surface area (Å²) >= 11 is 0. The molecular weight excluding hydrogens is 308 g/mol. The summed E-state index contributed by atoms with van der Waals surface area (Å²) in [6, 6.07) is 5.08. The van der Waals surface area contributed by atoms with E-state index in [2.05, 4.69) is 0 Å². The maximum Gasteiger partial charge on any atom is 0.257 e. The molecule has 0 spiro atoms. The summed E-state index contributed by atoms with van der Waals surface area (Å²) < 4.78 is 5.28. The number of phenolic OH excluding ortho intramolecular Hbond substituents is 1. The number of amides is 2. The predicted octanol–water partition coefficient (Wildman–Crippen LogP) is 1.41. The number of rotatable bonds is 2. The number of hydrogen-bond donors (Lipinski definition) is 1. The lowest BCUT2D eigenvalue weighted by Crippen LogP contribution is -2.47. The van der Waals surface area contributed by atoms with Gasteiger partial charge in [0.15, 0.2) is 0 Å². The number of hydrogen-bond acceptors (Lipinski definition) is 4. The number of likely N-dealkylation sites (tertiary alicyclic amines) is 1. The first-order valence-electron chi connectivity index (χ1n) is 8.51. The van der Waals surface area contributed by atoms with Crippen LogP contribution in [-0.2, 0) is 9.53 Å². The van der Waals surface area contributed by atoms with Crippen molar-refractivity contribution >= 4 is 11.8 Å². The van der Waals surface area contributed by atoms with Gasteiger partial charge in [0, 0.05) is 32.1 Å². The lowest BCUT2D eigenvalue weighted by Gasteiger charge is -2.35. The van der Waals surface area contributed by atoms with E-state index in [4.69, 9.17) is 4.74 Å². The van der Waals surface area contributed by atoms with E-state index in [0.29, 0.717) is 57.8 Å². The highest BCUT2D eigenvalue weighted by Crippen LogP contribution is 2.25. The quantitative estimate of drug-likeness (QED) is 0.889. The molecule has 2 heterocycles. The highest BCUT2D eigenvalue weighted by Gasteiger charge is 2.31. The van der Waals surface area contributed by atoms with Crippen molar-refractivity contribution < 1.29 is 19.4 Å². The van der Waals surface area contributed by atoms with Crippen LogP contribution >= 0.6 is 0 Å². The molecule has 0 radical (unpaired) electrons. The highest BCUT2D eigenvalue weighted by molar-refractivity contribution is 5.97. The molecule has 1 aromatic carbocycles. The Morgan fingerprint density at radius 2 is 1.75 bits per heavy atom. The van der Waals surface area contributed by atoms with Gasteiger partial charge >= 0.3 is 0 Å². The summed E-state index contributed by atoms with van der Waals surface area (Å²) in [5, 5.41) is 9.98. The first-order valence-corrected chi connectivity index (χ1v) is 8.51. The topological polar surface area (TPSA) is 70.1 Å². The third-order valence-corrected chi connectivity index (χ3v) is 4.84. The number of nitrogens with zero attached hydrogens (tertiary/aromatic N) is 2. The maximum absolute atomic E-state index is 12.6. The normalized spacial score (nSPS) is 19.4. The number of piperidine rings is 1. The molecule has 130 valence electrons. The van der Waals surface area contributed by atoms with Crippen molar-refractivity contribution in [3.8, 4) is 5.75 Å². The molecule has 3 rings (SSSR count). The lowest BCUT2D eigenvalue weighted by molar-refractivity contribution is -0.141. The van der Waals surface area contributed by atoms with Crippen molar-refractivity contribution in [1.29, 1.82) is 0 Å². The Hall–Kier alpha value is -2.08. The standard InChI is InChI=1S/C18H24N2O4/c1-13-2-3-15(16(21)12-13)18(23)19-6-4-14(5-7-19)17(22)20-8-10-24-11-9-20/h2-3,12,14,21H,4-11H2,1H3. The van der Waals surface area contributed by atoms with Crippen molar-refractivity contribution in [3.63, 3.8) is 0 Å². The van der Waals surface area contributed by atoms with Gasteiger partial charge in [0.1, 0.15) is 5.75 Å². The Kier molecular flexibility index (Phi) is 5.04. The summed E-state index contributed by atoms with van der Waals surface area (Å²) in [6.07, 6.45) is 1.35. The third-order valence-electron chi connectivity index (χ3n) is 4.84. The molecule has 6 nitrogen and oxygen atoms in total. The van der Waals surface area contributed by atoms with Crippen LogP contribution in [0.1, 0.15) is 28.8 Å². The fraction of sp³-hybridized carbons (Fsp3) is 0.556. The van der Waals surface area contributed by atoms with Crippen molar-refractivity contribution in [2.24, 2.45) is 5.92 Å². The van der Waals surface area contributed by atoms with Crippen LogP contribution in [0.5, 0.6) is 5.75 Å². The highest BCUT2D eigenvalue weighted by atomic mass is 16.5. The second-order valence-electron chi connectivity index (χ2n) is 6.52. The lowest BCUT2D eigenvalue weighted by atomic mass is 9.94. The second-order valence-corrected chi connectivity index (χ2v) is 6.52. The molecule has 0 bridgehead atoms. The number of benzene rings is 1. The number of aryl methyl sites for hydroxylation is 1. The zero-order valence-corrected chi connectivity index (χ0v) is 14.0. The van der Waals surface area contributed by atoms with Gasteiger partial charge < -0.3 is 19.6 Å². The first-order chi connectivity index (χ1) is 11.6. The summed E-state index contributed by atoms with van der Waals surface area (Å²) in [4.78, 5) is 28.7. The monoisotopic (exact) mass is 332 g/mol. The predicted molar refractivity (Wildman–Crippen MR) is 88.9 cm³/mol. The molecular formula is C18H24N2O4. The first kappa shape index (κ1) is 16.8. The van der Waals surface area contributed by atoms with Crippen LogP contribution in [0.2, 0.25) is 0 Å². The molecule has 0 aliphatic carbocycles. The summed E-state index contributed by atoms with van der Waals surface area (Å²) in [6.45, 7) is 5.51. The molecule has 1 aromatic rings. The second kappa shape index (κ2) is 7.21. The van der Waals surface area contributed by atoms with Gasteiger partial charge in [-0.2, -0.15) is 0 Å². The Bertz CT molecular complexity index is 617. The fourth-order valence-corrected chi connectivity index (χ4v) is 3.36. The molecule has 2 aliphatic rings. The summed E-state index contributed by atoms with van der Waals surface area (Å²) in [5.41, 5.74) is 1.25. The molecule has 24 heavy (non-hydrogen) atoms. The summed E-state index contributed by atoms with van der Waals surface area (Å²) in [5.74, 6) is 0.0265. The van der Waals surface area contributed by atoms with Crippen LogP contribution < -0.4 is 0 Å². The van der Waals surface area contributed by atoms with Crippen molar-refractivity contribution in [1.82, 2.24) is 9.80 Å². The number of carbonyl (C=O) groups is 2. The molecule has 6 heteroatoms. The number of ether oxygens (including phenoxy) is 1. The molecule has 0 aromatic heterocycles. The van der Waals surface area contributed by atoms with E-state index in [9.17, 15) is 14.7 Å². The van der Waals surface area contributed by atoms with E-state index in [1.807, 2.05) is 17.9 Å². The fourth-order valence-electron chi connectivity index (χ4n) is 3.36. The molecule has 2 saturated heterocycles. The molecule has 0 saturated carbocycles. The molecule has 0 atom stereocenters. The van der Waals surface area contributed by atoms with Gasteiger partial charge in [0.2, 0.25) is 5.91 Å². The van der Waals surface area contributed by atoms with E-state index >= 15 is 0 Å². The van der Waals surface area contributed by atoms with Gasteiger partial charge in [-0.3, -0.25) is 9.59 Å². The molecule has 0 unspecified atom stereocenters. The maximum atomic E-state index is 12.6. The van der Waals surface area contributed by atoms with Gasteiger partial charge in [0.05, 0.1) is 18.8 Å². The Balaban J connectivity index is 1.58. The minimum Gasteiger partial charge on any atom is -0.507 e. The van der Waals surface area contributed by atoms with Crippen LogP contribution in [-0.4, -0.2) is 66.1 Å². The Morgan fingerprint density at radius 3 is 2.38 bits per heavy atom. The van der Waals surface area contributed by atoms with E-state index in [1.54, 1.807) is 17.0 Å². The Labute approximate surface area is 142 Å². The average molecular weight is 332 g/mol. The average Bonchev–Trinajstić information content (AvgIpc) is 2.61. The SMILES string of the molecule is Cc1ccc(C(=O)N2CCC(C(=O)N3CCOCC3)CC2)c(O)c1. The number of morpholine rings is 1. The van der Waals surface area contributed by atoms with E-state index < -0.39 is 0 Å². The molecule has 2 amide bonds. The van der Waals surface area contributed by atoms with Gasteiger partial charge in [0.25, 0.3) is 5.91 Å². The van der Waals surface area contributed by atoms with E-state index in [-0.39, 0.29) is 23.5 Å². The number of aromatic hydroxyl groups is 1. The van der Waals surface area contributed by atoms with Gasteiger partial charge in [-0.1, -0.05) is 6.07 Å². The van der Waals surface area contributed by atoms with Crippen molar-refractivity contribution in [2.45, 2.75) is 19.8 Å². The molecule has 2 aliphatic heterocycles. The van der Waals surface area contributed by atoms with Crippen LogP contribution in [0.3, 0.4) is 0 Å². The van der Waals surface area contributed by atoms with Crippen molar-refractivity contribution in [2.75, 3.05) is 39.4 Å².